The Kier molecular flexibility index (Phi) is 5.16. The first-order valence-electron chi connectivity index (χ1n) is 6.93. The number of hydrogen-bond acceptors (Lipinski definition) is 4. The SMILES string of the molecule is Cc1cc(C)cc(OCC(=O)OCc2ccccc2C#N)c1. The fourth-order valence-electron chi connectivity index (χ4n) is 2.11. The molecule has 0 N–H and O–H groups in total. The second-order valence-electron chi connectivity index (χ2n) is 5.04. The van der Waals surface area contributed by atoms with E-state index >= 15 is 0 Å². The van der Waals surface area contributed by atoms with Gasteiger partial charge in [-0.2, -0.15) is 5.26 Å². The molecule has 2 aromatic carbocycles. The molecule has 0 spiro atoms. The Morgan fingerprint density at radius 2 is 1.82 bits per heavy atom. The first-order chi connectivity index (χ1) is 10.6. The van der Waals surface area contributed by atoms with E-state index in [9.17, 15) is 4.79 Å². The second-order valence-corrected chi connectivity index (χ2v) is 5.04. The molecule has 0 radical (unpaired) electrons. The van der Waals surface area contributed by atoms with E-state index in [1.807, 2.05) is 32.0 Å². The molecule has 2 aromatic rings. The minimum absolute atomic E-state index is 0.0682. The van der Waals surface area contributed by atoms with Gasteiger partial charge in [0.25, 0.3) is 0 Å². The zero-order chi connectivity index (χ0) is 15.9. The molecule has 0 aliphatic carbocycles. The Morgan fingerprint density at radius 1 is 1.14 bits per heavy atom. The van der Waals surface area contributed by atoms with Gasteiger partial charge in [-0.25, -0.2) is 4.79 Å². The molecule has 0 unspecified atom stereocenters. The van der Waals surface area contributed by atoms with E-state index in [1.165, 1.54) is 0 Å². The number of aryl methyl sites for hydroxylation is 2. The summed E-state index contributed by atoms with van der Waals surface area (Å²) in [6, 6.07) is 14.9. The van der Waals surface area contributed by atoms with Crippen LogP contribution in [0.3, 0.4) is 0 Å². The first-order valence-corrected chi connectivity index (χ1v) is 6.93. The Labute approximate surface area is 129 Å². The lowest BCUT2D eigenvalue weighted by Gasteiger charge is -2.09. The number of ether oxygens (including phenoxy) is 2. The predicted molar refractivity (Wildman–Crippen MR) is 82.4 cm³/mol. The average molecular weight is 295 g/mol. The van der Waals surface area contributed by atoms with Gasteiger partial charge in [0.2, 0.25) is 0 Å². The summed E-state index contributed by atoms with van der Waals surface area (Å²) in [5.74, 6) is 0.179. The molecule has 0 saturated carbocycles. The maximum Gasteiger partial charge on any atom is 0.344 e. The molecule has 0 amide bonds. The molecule has 112 valence electrons. The van der Waals surface area contributed by atoms with Crippen molar-refractivity contribution in [2.45, 2.75) is 20.5 Å². The number of benzene rings is 2. The van der Waals surface area contributed by atoms with Crippen LogP contribution in [0.15, 0.2) is 42.5 Å². The minimum atomic E-state index is -0.466. The van der Waals surface area contributed by atoms with Gasteiger partial charge in [-0.1, -0.05) is 24.3 Å². The van der Waals surface area contributed by atoms with Crippen molar-refractivity contribution in [2.24, 2.45) is 0 Å². The molecule has 4 nitrogen and oxygen atoms in total. The van der Waals surface area contributed by atoms with Gasteiger partial charge in [0, 0.05) is 5.56 Å². The van der Waals surface area contributed by atoms with E-state index in [0.29, 0.717) is 16.9 Å². The molecule has 22 heavy (non-hydrogen) atoms. The summed E-state index contributed by atoms with van der Waals surface area (Å²) in [6.07, 6.45) is 0. The van der Waals surface area contributed by atoms with Crippen LogP contribution in [0.2, 0.25) is 0 Å². The third-order valence-corrected chi connectivity index (χ3v) is 3.08. The number of rotatable bonds is 5. The monoisotopic (exact) mass is 295 g/mol. The van der Waals surface area contributed by atoms with Gasteiger partial charge < -0.3 is 9.47 Å². The molecule has 4 heteroatoms. The lowest BCUT2D eigenvalue weighted by molar-refractivity contribution is -0.147. The number of nitriles is 1. The maximum atomic E-state index is 11.7. The van der Waals surface area contributed by atoms with E-state index in [4.69, 9.17) is 14.7 Å². The molecule has 0 aromatic heterocycles. The summed E-state index contributed by atoms with van der Waals surface area (Å²) in [7, 11) is 0. The molecule has 0 aliphatic rings. The van der Waals surface area contributed by atoms with Crippen molar-refractivity contribution in [2.75, 3.05) is 6.61 Å². The van der Waals surface area contributed by atoms with E-state index in [2.05, 4.69) is 6.07 Å². The normalized spacial score (nSPS) is 9.86. The minimum Gasteiger partial charge on any atom is -0.482 e. The van der Waals surface area contributed by atoms with Gasteiger partial charge >= 0.3 is 5.97 Å². The van der Waals surface area contributed by atoms with Gasteiger partial charge in [-0.05, 0) is 43.2 Å². The van der Waals surface area contributed by atoms with E-state index < -0.39 is 5.97 Å². The largest absolute Gasteiger partial charge is 0.482 e. The maximum absolute atomic E-state index is 11.7. The standard InChI is InChI=1S/C18H17NO3/c1-13-7-14(2)9-17(8-13)21-12-18(20)22-11-16-6-4-3-5-15(16)10-19/h3-9H,11-12H2,1-2H3. The molecule has 0 bridgehead atoms. The molecular formula is C18H17NO3. The summed E-state index contributed by atoms with van der Waals surface area (Å²) in [5, 5.41) is 8.97. The zero-order valence-corrected chi connectivity index (χ0v) is 12.6. The highest BCUT2D eigenvalue weighted by molar-refractivity contribution is 5.71. The number of carbonyl (C=O) groups is 1. The lowest BCUT2D eigenvalue weighted by Crippen LogP contribution is -2.15. The van der Waals surface area contributed by atoms with E-state index in [-0.39, 0.29) is 13.2 Å². The Morgan fingerprint density at radius 3 is 2.50 bits per heavy atom. The molecular weight excluding hydrogens is 278 g/mol. The van der Waals surface area contributed by atoms with Crippen LogP contribution >= 0.6 is 0 Å². The molecule has 0 heterocycles. The molecule has 0 fully saturated rings. The van der Waals surface area contributed by atoms with Crippen molar-refractivity contribution in [1.82, 2.24) is 0 Å². The van der Waals surface area contributed by atoms with Gasteiger partial charge in [0.1, 0.15) is 12.4 Å². The smallest absolute Gasteiger partial charge is 0.344 e. The van der Waals surface area contributed by atoms with Crippen molar-refractivity contribution in [1.29, 1.82) is 5.26 Å². The fourth-order valence-corrected chi connectivity index (χ4v) is 2.11. The van der Waals surface area contributed by atoms with Crippen molar-refractivity contribution < 1.29 is 14.3 Å². The van der Waals surface area contributed by atoms with Crippen LogP contribution in [0.1, 0.15) is 22.3 Å². The third-order valence-electron chi connectivity index (χ3n) is 3.08. The van der Waals surface area contributed by atoms with Crippen LogP contribution in [-0.4, -0.2) is 12.6 Å². The summed E-state index contributed by atoms with van der Waals surface area (Å²) >= 11 is 0. The highest BCUT2D eigenvalue weighted by Crippen LogP contribution is 2.16. The molecule has 0 atom stereocenters. The highest BCUT2D eigenvalue weighted by atomic mass is 16.6. The number of hydrogen-bond donors (Lipinski definition) is 0. The number of esters is 1. The number of nitrogens with zero attached hydrogens (tertiary/aromatic N) is 1. The Bertz CT molecular complexity index is 696. The van der Waals surface area contributed by atoms with Gasteiger partial charge in [0.05, 0.1) is 11.6 Å². The van der Waals surface area contributed by atoms with Crippen LogP contribution in [-0.2, 0) is 16.1 Å². The summed E-state index contributed by atoms with van der Waals surface area (Å²) < 4.78 is 10.6. The van der Waals surface area contributed by atoms with E-state index in [1.54, 1.807) is 24.3 Å². The quantitative estimate of drug-likeness (QED) is 0.794. The van der Waals surface area contributed by atoms with Crippen LogP contribution in [0.25, 0.3) is 0 Å². The zero-order valence-electron chi connectivity index (χ0n) is 12.6. The molecule has 0 aliphatic heterocycles. The predicted octanol–water partition coefficient (Wildman–Crippen LogP) is 3.30. The highest BCUT2D eigenvalue weighted by Gasteiger charge is 2.07. The van der Waals surface area contributed by atoms with Crippen molar-refractivity contribution >= 4 is 5.97 Å². The van der Waals surface area contributed by atoms with Crippen molar-refractivity contribution in [3.63, 3.8) is 0 Å². The first kappa shape index (κ1) is 15.6. The third kappa shape index (κ3) is 4.35. The van der Waals surface area contributed by atoms with Gasteiger partial charge in [-0.3, -0.25) is 0 Å². The second kappa shape index (κ2) is 7.28. The Balaban J connectivity index is 1.87. The summed E-state index contributed by atoms with van der Waals surface area (Å²) in [6.45, 7) is 3.85. The van der Waals surface area contributed by atoms with Crippen LogP contribution in [0.5, 0.6) is 5.75 Å². The number of carbonyl (C=O) groups excluding carboxylic acids is 1. The molecule has 0 saturated heterocycles. The van der Waals surface area contributed by atoms with E-state index in [0.717, 1.165) is 11.1 Å². The Hall–Kier alpha value is -2.80. The van der Waals surface area contributed by atoms with Crippen LogP contribution in [0, 0.1) is 25.2 Å². The van der Waals surface area contributed by atoms with Gasteiger partial charge in [-0.15, -0.1) is 0 Å². The topological polar surface area (TPSA) is 59.3 Å². The van der Waals surface area contributed by atoms with Gasteiger partial charge in [0.15, 0.2) is 6.61 Å². The van der Waals surface area contributed by atoms with Crippen molar-refractivity contribution in [3.8, 4) is 11.8 Å². The summed E-state index contributed by atoms with van der Waals surface area (Å²) in [4.78, 5) is 11.7. The van der Waals surface area contributed by atoms with Crippen molar-refractivity contribution in [3.05, 3.63) is 64.7 Å². The lowest BCUT2D eigenvalue weighted by atomic mass is 10.1. The average Bonchev–Trinajstić information content (AvgIpc) is 2.50. The van der Waals surface area contributed by atoms with Crippen LogP contribution in [0.4, 0.5) is 0 Å². The molecule has 2 rings (SSSR count). The van der Waals surface area contributed by atoms with Crippen LogP contribution < -0.4 is 4.74 Å². The fraction of sp³-hybridized carbons (Fsp3) is 0.222. The summed E-state index contributed by atoms with van der Waals surface area (Å²) in [5.41, 5.74) is 3.34.